The van der Waals surface area contributed by atoms with Crippen molar-refractivity contribution in [2.45, 2.75) is 0 Å². The van der Waals surface area contributed by atoms with Crippen molar-refractivity contribution in [1.29, 1.82) is 0 Å². The van der Waals surface area contributed by atoms with Gasteiger partial charge in [0.2, 0.25) is 0 Å². The highest BCUT2D eigenvalue weighted by Gasteiger charge is 1.89. The van der Waals surface area contributed by atoms with Gasteiger partial charge in [-0.3, -0.25) is 0 Å². The van der Waals surface area contributed by atoms with Gasteiger partial charge in [-0.1, -0.05) is 0 Å². The molecule has 0 amide bonds. The molecule has 0 saturated carbocycles. The molecule has 0 atom stereocenters. The summed E-state index contributed by atoms with van der Waals surface area (Å²) in [4.78, 5) is 6.03. The van der Waals surface area contributed by atoms with Crippen LogP contribution in [0.4, 0.5) is 0 Å². The van der Waals surface area contributed by atoms with E-state index in [1.807, 2.05) is 24.5 Å². The molecule has 6 heteroatoms. The monoisotopic (exact) mass is 238 g/mol. The summed E-state index contributed by atoms with van der Waals surface area (Å²) >= 11 is 0. The fourth-order valence-electron chi connectivity index (χ4n) is 1.61. The summed E-state index contributed by atoms with van der Waals surface area (Å²) in [6.45, 7) is 0. The van der Waals surface area contributed by atoms with Gasteiger partial charge in [-0.25, -0.2) is 0 Å². The van der Waals surface area contributed by atoms with Crippen molar-refractivity contribution in [2.75, 3.05) is 0 Å². The third-order valence-corrected chi connectivity index (χ3v) is 2.53. The maximum Gasteiger partial charge on any atom is 0.0737 e. The van der Waals surface area contributed by atoms with Gasteiger partial charge < -0.3 is 9.97 Å². The van der Waals surface area contributed by atoms with Crippen molar-refractivity contribution in [1.82, 2.24) is 30.4 Å². The zero-order valence-corrected chi connectivity index (χ0v) is 9.41. The minimum absolute atomic E-state index is 1.03. The second kappa shape index (κ2) is 4.62. The normalized spacial score (nSPS) is 10.2. The largest absolute Gasteiger partial charge is 0.360 e. The van der Waals surface area contributed by atoms with E-state index in [0.29, 0.717) is 0 Å². The Morgan fingerprint density at radius 2 is 1.06 bits per heavy atom. The molecule has 88 valence electrons. The molecule has 18 heavy (non-hydrogen) atoms. The van der Waals surface area contributed by atoms with Gasteiger partial charge >= 0.3 is 0 Å². The maximum atomic E-state index is 3.72. The van der Waals surface area contributed by atoms with Crippen molar-refractivity contribution < 1.29 is 0 Å². The van der Waals surface area contributed by atoms with Gasteiger partial charge in [0.1, 0.15) is 0 Å². The number of aromatic amines is 2. The van der Waals surface area contributed by atoms with Gasteiger partial charge in [-0.2, -0.15) is 20.4 Å². The second-order valence-corrected chi connectivity index (χ2v) is 3.67. The van der Waals surface area contributed by atoms with Crippen LogP contribution in [-0.4, -0.2) is 30.4 Å². The molecule has 0 aliphatic carbocycles. The van der Waals surface area contributed by atoms with Gasteiger partial charge in [0.05, 0.1) is 35.8 Å². The highest BCUT2D eigenvalue weighted by Crippen LogP contribution is 2.06. The average Bonchev–Trinajstić information content (AvgIpc) is 3.08. The maximum absolute atomic E-state index is 3.72. The van der Waals surface area contributed by atoms with E-state index in [4.69, 9.17) is 0 Å². The molecule has 4 aromatic rings. The van der Waals surface area contributed by atoms with Crippen LogP contribution in [0.5, 0.6) is 0 Å². The van der Waals surface area contributed by atoms with Gasteiger partial charge in [0.25, 0.3) is 0 Å². The van der Waals surface area contributed by atoms with Crippen LogP contribution in [0, 0.1) is 0 Å². The van der Waals surface area contributed by atoms with Crippen LogP contribution in [0.15, 0.2) is 49.3 Å². The molecule has 4 heterocycles. The van der Waals surface area contributed by atoms with Crippen LogP contribution < -0.4 is 0 Å². The average molecular weight is 238 g/mol. The van der Waals surface area contributed by atoms with Gasteiger partial charge in [-0.05, 0) is 12.1 Å². The fourth-order valence-corrected chi connectivity index (χ4v) is 1.61. The lowest BCUT2D eigenvalue weighted by Gasteiger charge is -1.81. The number of hydrogen-bond acceptors (Lipinski definition) is 4. The molecule has 0 bridgehead atoms. The summed E-state index contributed by atoms with van der Waals surface area (Å²) in [7, 11) is 0. The van der Waals surface area contributed by atoms with E-state index in [1.54, 1.807) is 24.8 Å². The van der Waals surface area contributed by atoms with Gasteiger partial charge in [-0.15, -0.1) is 0 Å². The van der Waals surface area contributed by atoms with Crippen LogP contribution in [-0.2, 0) is 0 Å². The zero-order valence-electron chi connectivity index (χ0n) is 9.41. The lowest BCUT2D eigenvalue weighted by atomic mass is 10.4. The SMILES string of the molecule is c1cc2cnncc2[nH]1.c1cc2cnncc2[nH]1. The van der Waals surface area contributed by atoms with E-state index in [2.05, 4.69) is 30.4 Å². The first-order chi connectivity index (χ1) is 8.93. The molecule has 0 saturated heterocycles. The van der Waals surface area contributed by atoms with Crippen molar-refractivity contribution in [3.8, 4) is 0 Å². The molecule has 0 unspecified atom stereocenters. The van der Waals surface area contributed by atoms with Crippen LogP contribution in [0.3, 0.4) is 0 Å². The molecule has 2 N–H and O–H groups in total. The second-order valence-electron chi connectivity index (χ2n) is 3.67. The minimum atomic E-state index is 1.03. The third-order valence-electron chi connectivity index (χ3n) is 2.53. The quantitative estimate of drug-likeness (QED) is 0.490. The number of H-pyrrole nitrogens is 2. The van der Waals surface area contributed by atoms with Crippen LogP contribution in [0.25, 0.3) is 21.8 Å². The Hall–Kier alpha value is -2.76. The predicted octanol–water partition coefficient (Wildman–Crippen LogP) is 1.92. The standard InChI is InChI=1S/2C6H5N3/c2*1-2-7-6-4-9-8-3-5(1)6/h2*1-4,7H. The first-order valence-corrected chi connectivity index (χ1v) is 5.41. The van der Waals surface area contributed by atoms with E-state index >= 15 is 0 Å². The summed E-state index contributed by atoms with van der Waals surface area (Å²) in [5.74, 6) is 0. The first kappa shape index (κ1) is 10.4. The summed E-state index contributed by atoms with van der Waals surface area (Å²) < 4.78 is 0. The molecule has 0 spiro atoms. The molecule has 6 nitrogen and oxygen atoms in total. The summed E-state index contributed by atoms with van der Waals surface area (Å²) in [6.07, 6.45) is 10.6. The Bertz CT molecular complexity index is 631. The topological polar surface area (TPSA) is 83.1 Å². The van der Waals surface area contributed by atoms with Gasteiger partial charge in [0.15, 0.2) is 0 Å². The Morgan fingerprint density at radius 3 is 1.50 bits per heavy atom. The van der Waals surface area contributed by atoms with E-state index in [0.717, 1.165) is 21.8 Å². The van der Waals surface area contributed by atoms with Crippen molar-refractivity contribution in [3.63, 3.8) is 0 Å². The molecule has 4 aromatic heterocycles. The summed E-state index contributed by atoms with van der Waals surface area (Å²) in [5, 5.41) is 17.0. The molecular weight excluding hydrogens is 228 g/mol. The number of fused-ring (bicyclic) bond motifs is 2. The predicted molar refractivity (Wildman–Crippen MR) is 67.8 cm³/mol. The molecular formula is C12H10N6. The Balaban J connectivity index is 0.000000111. The Morgan fingerprint density at radius 1 is 0.611 bits per heavy atom. The summed E-state index contributed by atoms with van der Waals surface area (Å²) in [5.41, 5.74) is 2.06. The number of rotatable bonds is 0. The Kier molecular flexibility index (Phi) is 2.67. The molecule has 4 rings (SSSR count). The molecule has 0 fully saturated rings. The fraction of sp³-hybridized carbons (Fsp3) is 0. The molecule has 0 aromatic carbocycles. The first-order valence-electron chi connectivity index (χ1n) is 5.41. The number of aromatic nitrogens is 6. The van der Waals surface area contributed by atoms with Crippen molar-refractivity contribution >= 4 is 21.8 Å². The number of nitrogens with zero attached hydrogens (tertiary/aromatic N) is 4. The highest BCUT2D eigenvalue weighted by atomic mass is 15.1. The highest BCUT2D eigenvalue weighted by molar-refractivity contribution is 5.77. The third kappa shape index (κ3) is 2.03. The number of hydrogen-bond donors (Lipinski definition) is 2. The smallest absolute Gasteiger partial charge is 0.0737 e. The Labute approximate surface area is 102 Å². The minimum Gasteiger partial charge on any atom is -0.360 e. The molecule has 0 aliphatic heterocycles. The van der Waals surface area contributed by atoms with Crippen LogP contribution in [0.2, 0.25) is 0 Å². The van der Waals surface area contributed by atoms with Crippen molar-refractivity contribution in [2.24, 2.45) is 0 Å². The molecule has 0 aliphatic rings. The van der Waals surface area contributed by atoms with E-state index in [-0.39, 0.29) is 0 Å². The lowest BCUT2D eigenvalue weighted by Crippen LogP contribution is -1.75. The van der Waals surface area contributed by atoms with E-state index in [1.165, 1.54) is 0 Å². The van der Waals surface area contributed by atoms with Crippen LogP contribution in [0.1, 0.15) is 0 Å². The van der Waals surface area contributed by atoms with Crippen LogP contribution >= 0.6 is 0 Å². The van der Waals surface area contributed by atoms with E-state index in [9.17, 15) is 0 Å². The lowest BCUT2D eigenvalue weighted by molar-refractivity contribution is 1.05. The zero-order chi connectivity index (χ0) is 12.2. The number of nitrogens with one attached hydrogen (secondary N) is 2. The molecule has 0 radical (unpaired) electrons. The summed E-state index contributed by atoms with van der Waals surface area (Å²) in [6, 6.07) is 3.92. The van der Waals surface area contributed by atoms with E-state index < -0.39 is 0 Å². The van der Waals surface area contributed by atoms with Gasteiger partial charge in [0, 0.05) is 23.2 Å². The van der Waals surface area contributed by atoms with Crippen molar-refractivity contribution in [3.05, 3.63) is 49.3 Å².